The van der Waals surface area contributed by atoms with Crippen LogP contribution in [0.1, 0.15) is 46.0 Å². The zero-order valence-electron chi connectivity index (χ0n) is 11.6. The Labute approximate surface area is 114 Å². The Morgan fingerprint density at radius 3 is 2.50 bits per heavy atom. The van der Waals surface area contributed by atoms with Crippen molar-refractivity contribution in [2.75, 3.05) is 19.5 Å². The van der Waals surface area contributed by atoms with E-state index in [0.717, 1.165) is 25.0 Å². The van der Waals surface area contributed by atoms with Crippen LogP contribution >= 0.6 is 11.8 Å². The highest BCUT2D eigenvalue weighted by molar-refractivity contribution is 7.99. The van der Waals surface area contributed by atoms with E-state index in [9.17, 15) is 9.59 Å². The van der Waals surface area contributed by atoms with Gasteiger partial charge in [0, 0.05) is 11.7 Å². The second-order valence-electron chi connectivity index (χ2n) is 4.08. The molecule has 0 aromatic heterocycles. The quantitative estimate of drug-likeness (QED) is 0.453. The van der Waals surface area contributed by atoms with Crippen molar-refractivity contribution < 1.29 is 19.1 Å². The molecule has 0 aromatic rings. The number of thioether (sulfide) groups is 1. The number of methoxy groups -OCH3 is 1. The molecule has 0 aliphatic rings. The summed E-state index contributed by atoms with van der Waals surface area (Å²) < 4.78 is 9.46. The van der Waals surface area contributed by atoms with Crippen molar-refractivity contribution in [3.05, 3.63) is 0 Å². The van der Waals surface area contributed by atoms with Crippen molar-refractivity contribution >= 4 is 23.7 Å². The average Bonchev–Trinajstić information content (AvgIpc) is 2.33. The lowest BCUT2D eigenvalue weighted by atomic mass is 10.2. The Kier molecular flexibility index (Phi) is 10.9. The van der Waals surface area contributed by atoms with Crippen LogP contribution < -0.4 is 0 Å². The van der Waals surface area contributed by atoms with Gasteiger partial charge in [0.1, 0.15) is 0 Å². The maximum atomic E-state index is 11.1. The fourth-order valence-electron chi connectivity index (χ4n) is 1.44. The fourth-order valence-corrected chi connectivity index (χ4v) is 2.47. The van der Waals surface area contributed by atoms with Gasteiger partial charge >= 0.3 is 11.9 Å². The van der Waals surface area contributed by atoms with Crippen molar-refractivity contribution in [1.29, 1.82) is 0 Å². The van der Waals surface area contributed by atoms with E-state index in [0.29, 0.717) is 24.7 Å². The zero-order chi connectivity index (χ0) is 13.8. The standard InChI is InChI=1S/C13H24O4S/c1-4-17-12(14)8-6-5-7-9-18-11(2)10-13(15)16-3/h11H,4-10H2,1-3H3. The van der Waals surface area contributed by atoms with Crippen molar-refractivity contribution in [3.63, 3.8) is 0 Å². The normalized spacial score (nSPS) is 11.9. The van der Waals surface area contributed by atoms with Gasteiger partial charge in [-0.3, -0.25) is 9.59 Å². The average molecular weight is 276 g/mol. The highest BCUT2D eigenvalue weighted by atomic mass is 32.2. The van der Waals surface area contributed by atoms with Crippen molar-refractivity contribution in [1.82, 2.24) is 0 Å². The summed E-state index contributed by atoms with van der Waals surface area (Å²) in [5.74, 6) is 0.752. The highest BCUT2D eigenvalue weighted by Crippen LogP contribution is 2.17. The third-order valence-corrected chi connectivity index (χ3v) is 3.67. The summed E-state index contributed by atoms with van der Waals surface area (Å²) >= 11 is 1.77. The molecule has 0 N–H and O–H groups in total. The Morgan fingerprint density at radius 1 is 1.17 bits per heavy atom. The molecule has 0 bridgehead atoms. The number of carbonyl (C=O) groups excluding carboxylic acids is 2. The van der Waals surface area contributed by atoms with Gasteiger partial charge in [-0.25, -0.2) is 0 Å². The Morgan fingerprint density at radius 2 is 1.89 bits per heavy atom. The third kappa shape index (κ3) is 10.4. The second-order valence-corrected chi connectivity index (χ2v) is 5.62. The summed E-state index contributed by atoms with van der Waals surface area (Å²) in [7, 11) is 1.41. The zero-order valence-corrected chi connectivity index (χ0v) is 12.4. The molecule has 0 saturated carbocycles. The minimum Gasteiger partial charge on any atom is -0.469 e. The first-order valence-corrected chi connectivity index (χ1v) is 7.49. The molecular formula is C13H24O4S. The summed E-state index contributed by atoms with van der Waals surface area (Å²) in [5.41, 5.74) is 0. The molecule has 5 heteroatoms. The van der Waals surface area contributed by atoms with Gasteiger partial charge in [0.25, 0.3) is 0 Å². The van der Waals surface area contributed by atoms with E-state index < -0.39 is 0 Å². The third-order valence-electron chi connectivity index (χ3n) is 2.41. The minimum absolute atomic E-state index is 0.107. The number of hydrogen-bond acceptors (Lipinski definition) is 5. The lowest BCUT2D eigenvalue weighted by Crippen LogP contribution is -2.09. The first-order chi connectivity index (χ1) is 8.60. The van der Waals surface area contributed by atoms with Crippen molar-refractivity contribution in [3.8, 4) is 0 Å². The molecule has 0 saturated heterocycles. The molecular weight excluding hydrogens is 252 g/mol. The molecule has 106 valence electrons. The highest BCUT2D eigenvalue weighted by Gasteiger charge is 2.09. The van der Waals surface area contributed by atoms with Gasteiger partial charge in [-0.15, -0.1) is 0 Å². The maximum absolute atomic E-state index is 11.1. The van der Waals surface area contributed by atoms with Crippen LogP contribution in [0.2, 0.25) is 0 Å². The number of rotatable bonds is 10. The minimum atomic E-state index is -0.155. The number of hydrogen-bond donors (Lipinski definition) is 0. The van der Waals surface area contributed by atoms with Gasteiger partial charge in [0.2, 0.25) is 0 Å². The van der Waals surface area contributed by atoms with Gasteiger partial charge in [-0.05, 0) is 25.5 Å². The van der Waals surface area contributed by atoms with E-state index in [1.165, 1.54) is 7.11 Å². The molecule has 0 fully saturated rings. The van der Waals surface area contributed by atoms with Crippen molar-refractivity contribution in [2.45, 2.75) is 51.2 Å². The summed E-state index contributed by atoms with van der Waals surface area (Å²) in [4.78, 5) is 22.1. The van der Waals surface area contributed by atoms with Crippen LogP contribution in [0.25, 0.3) is 0 Å². The van der Waals surface area contributed by atoms with E-state index in [1.807, 2.05) is 13.8 Å². The summed E-state index contributed by atoms with van der Waals surface area (Å²) in [6, 6.07) is 0. The Balaban J connectivity index is 3.34. The molecule has 0 radical (unpaired) electrons. The van der Waals surface area contributed by atoms with E-state index in [1.54, 1.807) is 11.8 Å². The predicted molar refractivity (Wildman–Crippen MR) is 73.7 cm³/mol. The van der Waals surface area contributed by atoms with E-state index in [-0.39, 0.29) is 11.9 Å². The smallest absolute Gasteiger partial charge is 0.306 e. The van der Waals surface area contributed by atoms with E-state index >= 15 is 0 Å². The van der Waals surface area contributed by atoms with Crippen LogP contribution in [-0.2, 0) is 19.1 Å². The van der Waals surface area contributed by atoms with Crippen LogP contribution in [0.5, 0.6) is 0 Å². The number of carbonyl (C=O) groups is 2. The van der Waals surface area contributed by atoms with Gasteiger partial charge in [-0.2, -0.15) is 11.8 Å². The molecule has 0 aromatic carbocycles. The largest absolute Gasteiger partial charge is 0.469 e. The van der Waals surface area contributed by atoms with Gasteiger partial charge in [0.05, 0.1) is 20.1 Å². The second kappa shape index (κ2) is 11.4. The maximum Gasteiger partial charge on any atom is 0.306 e. The summed E-state index contributed by atoms with van der Waals surface area (Å²) in [6.07, 6.45) is 3.94. The molecule has 0 heterocycles. The van der Waals surface area contributed by atoms with Crippen molar-refractivity contribution in [2.24, 2.45) is 0 Å². The summed E-state index contributed by atoms with van der Waals surface area (Å²) in [5, 5.41) is 0.294. The van der Waals surface area contributed by atoms with Crippen LogP contribution in [0.3, 0.4) is 0 Å². The molecule has 0 aliphatic carbocycles. The Bertz CT molecular complexity index is 243. The number of unbranched alkanes of at least 4 members (excludes halogenated alkanes) is 2. The number of ether oxygens (including phenoxy) is 2. The fraction of sp³-hybridized carbons (Fsp3) is 0.846. The lowest BCUT2D eigenvalue weighted by Gasteiger charge is -2.09. The van der Waals surface area contributed by atoms with E-state index in [2.05, 4.69) is 4.74 Å². The van der Waals surface area contributed by atoms with E-state index in [4.69, 9.17) is 4.74 Å². The molecule has 0 spiro atoms. The summed E-state index contributed by atoms with van der Waals surface area (Å²) in [6.45, 7) is 4.30. The van der Waals surface area contributed by atoms with Crippen LogP contribution in [0.15, 0.2) is 0 Å². The van der Waals surface area contributed by atoms with Crippen LogP contribution in [-0.4, -0.2) is 36.7 Å². The first kappa shape index (κ1) is 17.3. The molecule has 1 atom stereocenters. The van der Waals surface area contributed by atoms with Gasteiger partial charge < -0.3 is 9.47 Å². The number of esters is 2. The van der Waals surface area contributed by atoms with Crippen LogP contribution in [0, 0.1) is 0 Å². The lowest BCUT2D eigenvalue weighted by molar-refractivity contribution is -0.143. The van der Waals surface area contributed by atoms with Gasteiger partial charge in [-0.1, -0.05) is 13.3 Å². The topological polar surface area (TPSA) is 52.6 Å². The molecule has 18 heavy (non-hydrogen) atoms. The van der Waals surface area contributed by atoms with Gasteiger partial charge in [0.15, 0.2) is 0 Å². The molecule has 0 amide bonds. The molecule has 4 nitrogen and oxygen atoms in total. The molecule has 1 unspecified atom stereocenters. The molecule has 0 rings (SSSR count). The monoisotopic (exact) mass is 276 g/mol. The molecule has 0 aliphatic heterocycles. The predicted octanol–water partition coefficient (Wildman–Crippen LogP) is 2.79. The SMILES string of the molecule is CCOC(=O)CCCCCSC(C)CC(=O)OC. The Hall–Kier alpha value is -0.710. The van der Waals surface area contributed by atoms with Crippen LogP contribution in [0.4, 0.5) is 0 Å². The first-order valence-electron chi connectivity index (χ1n) is 6.44.